The number of hydrogen-bond acceptors (Lipinski definition) is 6. The van der Waals surface area contributed by atoms with E-state index >= 15 is 0 Å². The van der Waals surface area contributed by atoms with Crippen molar-refractivity contribution in [2.24, 2.45) is 5.92 Å². The molecule has 106 valence electrons. The molecule has 2 aromatic heterocycles. The zero-order valence-electron chi connectivity index (χ0n) is 11.6. The summed E-state index contributed by atoms with van der Waals surface area (Å²) in [5.74, 6) is 1.79. The molecule has 0 saturated carbocycles. The fraction of sp³-hybridized carbons (Fsp3) is 0.385. The largest absolute Gasteiger partial charge is 0.480 e. The van der Waals surface area contributed by atoms with Gasteiger partial charge in [-0.1, -0.05) is 13.8 Å². The van der Waals surface area contributed by atoms with Gasteiger partial charge in [0.1, 0.15) is 11.5 Å². The molecular formula is C13H16BrN5O. The summed E-state index contributed by atoms with van der Waals surface area (Å²) in [5.41, 5.74) is 7.36. The van der Waals surface area contributed by atoms with Gasteiger partial charge in [-0.3, -0.25) is 0 Å². The van der Waals surface area contributed by atoms with Crippen LogP contribution in [0.2, 0.25) is 0 Å². The molecular weight excluding hydrogens is 322 g/mol. The summed E-state index contributed by atoms with van der Waals surface area (Å²) in [6.07, 6.45) is 0.809. The molecule has 0 fully saturated rings. The lowest BCUT2D eigenvalue weighted by molar-refractivity contribution is 0.392. The SMILES string of the molecule is COc1ccc(-c2nc(N)c(Br)c(CC(C)C)n2)nn1. The normalized spacial score (nSPS) is 10.8. The maximum atomic E-state index is 5.92. The first-order valence-corrected chi connectivity index (χ1v) is 7.00. The Morgan fingerprint density at radius 2 is 2.00 bits per heavy atom. The summed E-state index contributed by atoms with van der Waals surface area (Å²) < 4.78 is 5.72. The molecule has 6 nitrogen and oxygen atoms in total. The molecule has 2 rings (SSSR count). The van der Waals surface area contributed by atoms with E-state index in [1.54, 1.807) is 19.2 Å². The fourth-order valence-electron chi connectivity index (χ4n) is 1.70. The molecule has 0 atom stereocenters. The van der Waals surface area contributed by atoms with Crippen LogP contribution in [0.3, 0.4) is 0 Å². The molecule has 0 amide bonds. The molecule has 2 aromatic rings. The average Bonchev–Trinajstić information content (AvgIpc) is 2.43. The van der Waals surface area contributed by atoms with Crippen molar-refractivity contribution in [3.05, 3.63) is 22.3 Å². The predicted octanol–water partition coefficient (Wildman–Crippen LogP) is 2.49. The maximum absolute atomic E-state index is 5.92. The van der Waals surface area contributed by atoms with Gasteiger partial charge < -0.3 is 10.5 Å². The van der Waals surface area contributed by atoms with E-state index in [1.165, 1.54) is 0 Å². The van der Waals surface area contributed by atoms with Crippen LogP contribution in [0, 0.1) is 5.92 Å². The van der Waals surface area contributed by atoms with Crippen molar-refractivity contribution in [1.29, 1.82) is 0 Å². The highest BCUT2D eigenvalue weighted by molar-refractivity contribution is 9.10. The molecule has 0 aliphatic heterocycles. The number of aromatic nitrogens is 4. The summed E-state index contributed by atoms with van der Waals surface area (Å²) in [6, 6.07) is 3.47. The standard InChI is InChI=1S/C13H16BrN5O/c1-7(2)6-9-11(14)12(15)17-13(16-9)8-4-5-10(20-3)19-18-8/h4-5,7H,6H2,1-3H3,(H2,15,16,17). The minimum Gasteiger partial charge on any atom is -0.480 e. The van der Waals surface area contributed by atoms with E-state index < -0.39 is 0 Å². The van der Waals surface area contributed by atoms with Gasteiger partial charge in [-0.15, -0.1) is 10.2 Å². The lowest BCUT2D eigenvalue weighted by Gasteiger charge is -2.10. The number of hydrogen-bond donors (Lipinski definition) is 1. The zero-order valence-corrected chi connectivity index (χ0v) is 13.2. The van der Waals surface area contributed by atoms with Crippen molar-refractivity contribution in [3.8, 4) is 17.4 Å². The number of nitrogens with two attached hydrogens (primary N) is 1. The highest BCUT2D eigenvalue weighted by Crippen LogP contribution is 2.26. The summed E-state index contributed by atoms with van der Waals surface area (Å²) in [7, 11) is 1.54. The van der Waals surface area contributed by atoms with Crippen LogP contribution in [0.1, 0.15) is 19.5 Å². The lowest BCUT2D eigenvalue weighted by Crippen LogP contribution is -2.06. The first-order valence-electron chi connectivity index (χ1n) is 6.21. The molecule has 0 saturated heterocycles. The average molecular weight is 338 g/mol. The van der Waals surface area contributed by atoms with Crippen molar-refractivity contribution in [3.63, 3.8) is 0 Å². The number of anilines is 1. The third-order valence-corrected chi connectivity index (χ3v) is 3.49. The molecule has 0 unspecified atom stereocenters. The Bertz CT molecular complexity index is 600. The van der Waals surface area contributed by atoms with Gasteiger partial charge in [-0.05, 0) is 34.3 Å². The van der Waals surface area contributed by atoms with Crippen LogP contribution in [0.25, 0.3) is 11.5 Å². The third-order valence-electron chi connectivity index (χ3n) is 2.63. The van der Waals surface area contributed by atoms with Gasteiger partial charge in [0, 0.05) is 6.07 Å². The van der Waals surface area contributed by atoms with Gasteiger partial charge in [0.2, 0.25) is 5.88 Å². The quantitative estimate of drug-likeness (QED) is 0.922. The summed E-state index contributed by atoms with van der Waals surface area (Å²) >= 11 is 3.43. The molecule has 0 radical (unpaired) electrons. The van der Waals surface area contributed by atoms with Crippen LogP contribution in [0.15, 0.2) is 16.6 Å². The summed E-state index contributed by atoms with van der Waals surface area (Å²) in [5, 5.41) is 7.95. The number of methoxy groups -OCH3 is 1. The van der Waals surface area contributed by atoms with Crippen LogP contribution in [0.5, 0.6) is 5.88 Å². The molecule has 0 aliphatic carbocycles. The second kappa shape index (κ2) is 6.13. The lowest BCUT2D eigenvalue weighted by atomic mass is 10.1. The minimum absolute atomic E-state index is 0.406. The zero-order chi connectivity index (χ0) is 14.7. The Morgan fingerprint density at radius 1 is 1.25 bits per heavy atom. The van der Waals surface area contributed by atoms with Crippen molar-refractivity contribution >= 4 is 21.7 Å². The number of nitrogens with zero attached hydrogens (tertiary/aromatic N) is 4. The molecule has 2 N–H and O–H groups in total. The van der Waals surface area contributed by atoms with Gasteiger partial charge in [0.25, 0.3) is 0 Å². The molecule has 0 aromatic carbocycles. The third kappa shape index (κ3) is 3.22. The van der Waals surface area contributed by atoms with Crippen molar-refractivity contribution < 1.29 is 4.74 Å². The van der Waals surface area contributed by atoms with Gasteiger partial charge in [-0.25, -0.2) is 9.97 Å². The smallest absolute Gasteiger partial charge is 0.233 e. The van der Waals surface area contributed by atoms with E-state index in [-0.39, 0.29) is 0 Å². The van der Waals surface area contributed by atoms with Gasteiger partial charge >= 0.3 is 0 Å². The Kier molecular flexibility index (Phi) is 4.49. The predicted molar refractivity (Wildman–Crippen MR) is 80.3 cm³/mol. The highest BCUT2D eigenvalue weighted by Gasteiger charge is 2.14. The van der Waals surface area contributed by atoms with Crippen molar-refractivity contribution in [1.82, 2.24) is 20.2 Å². The van der Waals surface area contributed by atoms with Gasteiger partial charge in [0.05, 0.1) is 17.3 Å². The van der Waals surface area contributed by atoms with E-state index in [9.17, 15) is 0 Å². The topological polar surface area (TPSA) is 86.8 Å². The Morgan fingerprint density at radius 3 is 2.55 bits per heavy atom. The number of nitrogen functional groups attached to an aromatic ring is 1. The fourth-order valence-corrected chi connectivity index (χ4v) is 2.04. The van der Waals surface area contributed by atoms with Crippen LogP contribution in [-0.2, 0) is 6.42 Å². The van der Waals surface area contributed by atoms with Crippen molar-refractivity contribution in [2.75, 3.05) is 12.8 Å². The highest BCUT2D eigenvalue weighted by atomic mass is 79.9. The van der Waals surface area contributed by atoms with Crippen molar-refractivity contribution in [2.45, 2.75) is 20.3 Å². The van der Waals surface area contributed by atoms with E-state index in [0.717, 1.165) is 16.6 Å². The first-order chi connectivity index (χ1) is 9.51. The summed E-state index contributed by atoms with van der Waals surface area (Å²) in [4.78, 5) is 8.76. The second-order valence-corrected chi connectivity index (χ2v) is 5.55. The summed E-state index contributed by atoms with van der Waals surface area (Å²) in [6.45, 7) is 4.25. The second-order valence-electron chi connectivity index (χ2n) is 4.75. The van der Waals surface area contributed by atoms with Crippen LogP contribution in [-0.4, -0.2) is 27.3 Å². The van der Waals surface area contributed by atoms with Crippen LogP contribution >= 0.6 is 15.9 Å². The Hall–Kier alpha value is -1.76. The van der Waals surface area contributed by atoms with E-state index in [0.29, 0.717) is 29.1 Å². The molecule has 0 bridgehead atoms. The number of ether oxygens (including phenoxy) is 1. The monoisotopic (exact) mass is 337 g/mol. The molecule has 0 aliphatic rings. The Balaban J connectivity index is 2.42. The molecule has 2 heterocycles. The first kappa shape index (κ1) is 14.6. The molecule has 0 spiro atoms. The van der Waals surface area contributed by atoms with Crippen LogP contribution in [0.4, 0.5) is 5.82 Å². The van der Waals surface area contributed by atoms with E-state index in [1.807, 2.05) is 0 Å². The molecule has 7 heteroatoms. The minimum atomic E-state index is 0.406. The van der Waals surface area contributed by atoms with Gasteiger partial charge in [0.15, 0.2) is 5.82 Å². The Labute approximate surface area is 125 Å². The van der Waals surface area contributed by atoms with Gasteiger partial charge in [-0.2, -0.15) is 0 Å². The molecule has 20 heavy (non-hydrogen) atoms. The van der Waals surface area contributed by atoms with E-state index in [2.05, 4.69) is 49.9 Å². The van der Waals surface area contributed by atoms with E-state index in [4.69, 9.17) is 10.5 Å². The number of rotatable bonds is 4. The maximum Gasteiger partial charge on any atom is 0.233 e. The van der Waals surface area contributed by atoms with Crippen LogP contribution < -0.4 is 10.5 Å². The number of halogens is 1.